The third-order valence-corrected chi connectivity index (χ3v) is 4.58. The third-order valence-electron chi connectivity index (χ3n) is 3.96. The van der Waals surface area contributed by atoms with Crippen LogP contribution < -0.4 is 24.8 Å². The number of hydrogen-bond donors (Lipinski definition) is 2. The van der Waals surface area contributed by atoms with E-state index in [1.807, 2.05) is 42.5 Å². The minimum Gasteiger partial charge on any atom is -0.496 e. The predicted molar refractivity (Wildman–Crippen MR) is 121 cm³/mol. The van der Waals surface area contributed by atoms with Gasteiger partial charge >= 0.3 is 0 Å². The molecule has 0 amide bonds. The lowest BCUT2D eigenvalue weighted by molar-refractivity contribution is 0.0936. The molecular formula is C19H23BrIN3O3. The van der Waals surface area contributed by atoms with Crippen LogP contribution in [0.2, 0.25) is 0 Å². The van der Waals surface area contributed by atoms with E-state index in [4.69, 9.17) is 14.2 Å². The predicted octanol–water partition coefficient (Wildman–Crippen LogP) is 3.58. The summed E-state index contributed by atoms with van der Waals surface area (Å²) in [6.07, 6.45) is -0.0708. The molecular weight excluding hydrogens is 525 g/mol. The van der Waals surface area contributed by atoms with Crippen LogP contribution in [0, 0.1) is 0 Å². The van der Waals surface area contributed by atoms with Gasteiger partial charge in [0.1, 0.15) is 18.5 Å². The van der Waals surface area contributed by atoms with Gasteiger partial charge in [-0.25, -0.2) is 0 Å². The van der Waals surface area contributed by atoms with Gasteiger partial charge in [0, 0.05) is 13.6 Å². The van der Waals surface area contributed by atoms with Crippen molar-refractivity contribution in [3.63, 3.8) is 0 Å². The Kier molecular flexibility index (Phi) is 8.49. The molecule has 2 aromatic carbocycles. The van der Waals surface area contributed by atoms with Gasteiger partial charge in [0.05, 0.1) is 18.1 Å². The monoisotopic (exact) mass is 547 g/mol. The van der Waals surface area contributed by atoms with Crippen molar-refractivity contribution in [1.29, 1.82) is 0 Å². The fourth-order valence-electron chi connectivity index (χ4n) is 2.60. The van der Waals surface area contributed by atoms with E-state index in [-0.39, 0.29) is 30.1 Å². The number of rotatable bonds is 5. The minimum absolute atomic E-state index is 0. The van der Waals surface area contributed by atoms with Gasteiger partial charge in [-0.05, 0) is 45.8 Å². The first-order valence-electron chi connectivity index (χ1n) is 8.35. The molecule has 0 fully saturated rings. The first-order valence-corrected chi connectivity index (χ1v) is 9.14. The molecule has 3 rings (SSSR count). The molecule has 0 saturated carbocycles. The number of methoxy groups -OCH3 is 1. The number of guanidine groups is 1. The maximum atomic E-state index is 5.94. The molecule has 0 saturated heterocycles. The SMILES string of the molecule is CN=C(NCc1ccc(OC)c(Br)c1)NCC1COc2ccccc2O1.I. The highest BCUT2D eigenvalue weighted by Gasteiger charge is 2.20. The van der Waals surface area contributed by atoms with Crippen LogP contribution in [-0.4, -0.2) is 39.4 Å². The van der Waals surface area contributed by atoms with Crippen LogP contribution in [0.4, 0.5) is 0 Å². The van der Waals surface area contributed by atoms with Crippen molar-refractivity contribution in [1.82, 2.24) is 10.6 Å². The molecule has 6 nitrogen and oxygen atoms in total. The largest absolute Gasteiger partial charge is 0.496 e. The van der Waals surface area contributed by atoms with Gasteiger partial charge < -0.3 is 24.8 Å². The number of nitrogens with zero attached hydrogens (tertiary/aromatic N) is 1. The van der Waals surface area contributed by atoms with E-state index in [0.29, 0.717) is 25.7 Å². The van der Waals surface area contributed by atoms with Gasteiger partial charge in [0.25, 0.3) is 0 Å². The summed E-state index contributed by atoms with van der Waals surface area (Å²) in [6, 6.07) is 13.7. The minimum atomic E-state index is -0.0708. The molecule has 1 heterocycles. The number of aliphatic imine (C=N–C) groups is 1. The van der Waals surface area contributed by atoms with E-state index in [9.17, 15) is 0 Å². The molecule has 27 heavy (non-hydrogen) atoms. The van der Waals surface area contributed by atoms with Crippen molar-refractivity contribution in [2.75, 3.05) is 27.3 Å². The van der Waals surface area contributed by atoms with E-state index >= 15 is 0 Å². The number of fused-ring (bicyclic) bond motifs is 1. The topological polar surface area (TPSA) is 64.1 Å². The molecule has 0 spiro atoms. The summed E-state index contributed by atoms with van der Waals surface area (Å²) in [7, 11) is 3.39. The van der Waals surface area contributed by atoms with Crippen LogP contribution in [0.5, 0.6) is 17.2 Å². The second kappa shape index (κ2) is 10.6. The van der Waals surface area contributed by atoms with Crippen LogP contribution in [0.15, 0.2) is 51.9 Å². The molecule has 146 valence electrons. The zero-order chi connectivity index (χ0) is 18.4. The van der Waals surface area contributed by atoms with Crippen molar-refractivity contribution in [2.24, 2.45) is 4.99 Å². The van der Waals surface area contributed by atoms with Gasteiger partial charge in [-0.15, -0.1) is 24.0 Å². The van der Waals surface area contributed by atoms with Crippen molar-refractivity contribution in [3.8, 4) is 17.2 Å². The van der Waals surface area contributed by atoms with Crippen molar-refractivity contribution < 1.29 is 14.2 Å². The summed E-state index contributed by atoms with van der Waals surface area (Å²) in [5, 5.41) is 6.56. The number of ether oxygens (including phenoxy) is 3. The average Bonchev–Trinajstić information content (AvgIpc) is 2.68. The summed E-state index contributed by atoms with van der Waals surface area (Å²) < 4.78 is 17.8. The Balaban J connectivity index is 0.00000261. The highest BCUT2D eigenvalue weighted by atomic mass is 127. The van der Waals surface area contributed by atoms with E-state index < -0.39 is 0 Å². The number of benzene rings is 2. The first kappa shape index (κ1) is 21.6. The lowest BCUT2D eigenvalue weighted by atomic mass is 10.2. The molecule has 1 unspecified atom stereocenters. The number of hydrogen-bond acceptors (Lipinski definition) is 4. The van der Waals surface area contributed by atoms with Crippen LogP contribution in [0.25, 0.3) is 0 Å². The number of para-hydroxylation sites is 2. The second-order valence-corrected chi connectivity index (χ2v) is 6.63. The summed E-state index contributed by atoms with van der Waals surface area (Å²) in [4.78, 5) is 4.25. The molecule has 0 bridgehead atoms. The normalized spacial score (nSPS) is 15.5. The van der Waals surface area contributed by atoms with Crippen molar-refractivity contribution >= 4 is 45.9 Å². The Labute approximate surface area is 184 Å². The van der Waals surface area contributed by atoms with E-state index in [0.717, 1.165) is 27.3 Å². The molecule has 0 radical (unpaired) electrons. The van der Waals surface area contributed by atoms with E-state index in [1.54, 1.807) is 14.2 Å². The molecule has 2 aromatic rings. The Hall–Kier alpha value is -1.68. The van der Waals surface area contributed by atoms with E-state index in [2.05, 4.69) is 31.6 Å². The van der Waals surface area contributed by atoms with E-state index in [1.165, 1.54) is 0 Å². The summed E-state index contributed by atoms with van der Waals surface area (Å²) in [5.41, 5.74) is 1.12. The zero-order valence-electron chi connectivity index (χ0n) is 15.2. The molecule has 0 aromatic heterocycles. The van der Waals surface area contributed by atoms with Crippen LogP contribution in [-0.2, 0) is 6.54 Å². The molecule has 1 aliphatic rings. The van der Waals surface area contributed by atoms with Gasteiger partial charge in [-0.2, -0.15) is 0 Å². The standard InChI is InChI=1S/C19H22BrN3O3.HI/c1-21-19(22-10-13-7-8-16(24-2)15(20)9-13)23-11-14-12-25-17-5-3-4-6-18(17)26-14;/h3-9,14H,10-12H2,1-2H3,(H2,21,22,23);1H. The Morgan fingerprint density at radius 2 is 2.00 bits per heavy atom. The Morgan fingerprint density at radius 1 is 1.22 bits per heavy atom. The van der Waals surface area contributed by atoms with Crippen LogP contribution in [0.3, 0.4) is 0 Å². The number of halogens is 2. The molecule has 2 N–H and O–H groups in total. The maximum absolute atomic E-state index is 5.94. The highest BCUT2D eigenvalue weighted by molar-refractivity contribution is 14.0. The average molecular weight is 548 g/mol. The van der Waals surface area contributed by atoms with Gasteiger partial charge in [0.15, 0.2) is 17.5 Å². The van der Waals surface area contributed by atoms with Crippen LogP contribution in [0.1, 0.15) is 5.56 Å². The molecule has 1 atom stereocenters. The highest BCUT2D eigenvalue weighted by Crippen LogP contribution is 2.30. The third kappa shape index (κ3) is 5.90. The zero-order valence-corrected chi connectivity index (χ0v) is 19.1. The lowest BCUT2D eigenvalue weighted by Gasteiger charge is -2.27. The number of nitrogens with one attached hydrogen (secondary N) is 2. The summed E-state index contributed by atoms with van der Waals surface area (Å²) in [5.74, 6) is 3.08. The smallest absolute Gasteiger partial charge is 0.191 e. The van der Waals surface area contributed by atoms with Crippen molar-refractivity contribution in [3.05, 3.63) is 52.5 Å². The summed E-state index contributed by atoms with van der Waals surface area (Å²) >= 11 is 3.50. The second-order valence-electron chi connectivity index (χ2n) is 5.77. The Bertz CT molecular complexity index is 789. The maximum Gasteiger partial charge on any atom is 0.191 e. The van der Waals surface area contributed by atoms with Gasteiger partial charge in [-0.3, -0.25) is 4.99 Å². The molecule has 1 aliphatic heterocycles. The molecule has 0 aliphatic carbocycles. The first-order chi connectivity index (χ1) is 12.7. The molecule has 8 heteroatoms. The summed E-state index contributed by atoms with van der Waals surface area (Å²) in [6.45, 7) is 1.75. The quantitative estimate of drug-likeness (QED) is 0.340. The van der Waals surface area contributed by atoms with Gasteiger partial charge in [-0.1, -0.05) is 18.2 Å². The Morgan fingerprint density at radius 3 is 2.70 bits per heavy atom. The fraction of sp³-hybridized carbons (Fsp3) is 0.316. The van der Waals surface area contributed by atoms with Gasteiger partial charge in [0.2, 0.25) is 0 Å². The van der Waals surface area contributed by atoms with Crippen molar-refractivity contribution in [2.45, 2.75) is 12.6 Å². The lowest BCUT2D eigenvalue weighted by Crippen LogP contribution is -2.45. The fourth-order valence-corrected chi connectivity index (χ4v) is 3.19. The van der Waals surface area contributed by atoms with Crippen LogP contribution >= 0.6 is 39.9 Å².